The Labute approximate surface area is 516 Å². The smallest absolute Gasteiger partial charge is 0.251 e. The zero-order valence-electron chi connectivity index (χ0n) is 52.2. The molecule has 11 rings (SSSR count). The number of nitrogens with zero attached hydrogens (tertiary/aromatic N) is 6. The number of hydrogen-bond donors (Lipinski definition) is 5. The zero-order valence-corrected chi connectivity index (χ0v) is 52.2. The summed E-state index contributed by atoms with van der Waals surface area (Å²) < 4.78 is 27.4. The van der Waals surface area contributed by atoms with Crippen LogP contribution in [0.15, 0.2) is 94.5 Å². The molecule has 0 spiro atoms. The fourth-order valence-corrected chi connectivity index (χ4v) is 14.7. The zero-order chi connectivity index (χ0) is 62.0. The largest absolute Gasteiger partial charge is 0.352 e. The maximum Gasteiger partial charge on any atom is 0.251 e. The minimum Gasteiger partial charge on any atom is -0.352 e. The number of carbonyl (C=O) groups is 4. The molecule has 17 nitrogen and oxygen atoms in total. The van der Waals surface area contributed by atoms with E-state index in [1.165, 1.54) is 24.3 Å². The summed E-state index contributed by atoms with van der Waals surface area (Å²) in [5, 5.41) is 10.6. The second-order valence-electron chi connectivity index (χ2n) is 27.7. The van der Waals surface area contributed by atoms with E-state index < -0.39 is 10.8 Å². The summed E-state index contributed by atoms with van der Waals surface area (Å²) in [6.07, 6.45) is 5.45. The lowest BCUT2D eigenvalue weighted by molar-refractivity contribution is -0.122. The second-order valence-corrected chi connectivity index (χ2v) is 27.7. The molecule has 3 aromatic carbocycles. The molecule has 5 aromatic rings. The van der Waals surface area contributed by atoms with Crippen molar-refractivity contribution in [1.82, 2.24) is 45.5 Å². The number of likely N-dealkylation sites (tertiary alicyclic amines) is 2. The molecule has 470 valence electrons. The molecule has 0 unspecified atom stereocenters. The van der Waals surface area contributed by atoms with Crippen molar-refractivity contribution in [2.75, 3.05) is 101 Å². The summed E-state index contributed by atoms with van der Waals surface area (Å²) in [4.78, 5) is 102. The molecule has 4 saturated heterocycles. The van der Waals surface area contributed by atoms with Crippen molar-refractivity contribution >= 4 is 34.9 Å². The minimum absolute atomic E-state index is 0.0121. The van der Waals surface area contributed by atoms with Crippen LogP contribution >= 0.6 is 0 Å². The van der Waals surface area contributed by atoms with Gasteiger partial charge in [-0.05, 0) is 117 Å². The van der Waals surface area contributed by atoms with Crippen molar-refractivity contribution < 1.29 is 28.0 Å². The van der Waals surface area contributed by atoms with Crippen LogP contribution in [0.5, 0.6) is 0 Å². The van der Waals surface area contributed by atoms with Gasteiger partial charge in [0.05, 0.1) is 30.9 Å². The number of pyridine rings is 2. The highest BCUT2D eigenvalue weighted by molar-refractivity contribution is 5.98. The number of piperazine rings is 2. The molecule has 3 amide bonds. The van der Waals surface area contributed by atoms with Crippen LogP contribution in [0.25, 0.3) is 0 Å². The van der Waals surface area contributed by atoms with Gasteiger partial charge < -0.3 is 40.6 Å². The van der Waals surface area contributed by atoms with Crippen molar-refractivity contribution in [3.63, 3.8) is 0 Å². The molecule has 0 saturated carbocycles. The number of Topliss-reactive ketones (excluding diaryl/α,β-unsaturated/α-hetero) is 1. The summed E-state index contributed by atoms with van der Waals surface area (Å²) in [6.45, 7) is 21.6. The number of rotatable bonds is 19. The van der Waals surface area contributed by atoms with Crippen molar-refractivity contribution in [1.29, 1.82) is 0 Å². The first-order chi connectivity index (χ1) is 42.1. The van der Waals surface area contributed by atoms with Gasteiger partial charge >= 0.3 is 0 Å². The van der Waals surface area contributed by atoms with E-state index in [2.05, 4.69) is 59.4 Å². The quantitative estimate of drug-likeness (QED) is 0.0667. The van der Waals surface area contributed by atoms with E-state index in [0.717, 1.165) is 117 Å². The number of ketones is 1. The number of carbonyl (C=O) groups excluding carboxylic acids is 4. The van der Waals surface area contributed by atoms with Crippen LogP contribution in [0.3, 0.4) is 0 Å². The van der Waals surface area contributed by atoms with Gasteiger partial charge in [-0.3, -0.25) is 43.5 Å². The van der Waals surface area contributed by atoms with Crippen LogP contribution in [0, 0.1) is 17.6 Å². The number of amides is 3. The molecule has 4 fully saturated rings. The number of H-pyrrole nitrogens is 2. The first-order valence-corrected chi connectivity index (χ1v) is 32.0. The molecule has 6 aliphatic rings. The number of aromatic nitrogens is 2. The van der Waals surface area contributed by atoms with Crippen LogP contribution in [-0.4, -0.2) is 175 Å². The minimum atomic E-state index is -0.452. The van der Waals surface area contributed by atoms with Gasteiger partial charge in [-0.1, -0.05) is 76.2 Å². The summed E-state index contributed by atoms with van der Waals surface area (Å²) in [7, 11) is 0. The van der Waals surface area contributed by atoms with E-state index in [9.17, 15) is 37.5 Å². The Kier molecular flexibility index (Phi) is 19.1. The van der Waals surface area contributed by atoms with Crippen LogP contribution in [0.4, 0.5) is 20.2 Å². The van der Waals surface area contributed by atoms with Crippen LogP contribution in [0.2, 0.25) is 0 Å². The SMILES string of the molecule is C[C@@H]1CN(CC(=O)N2CC(C)(C)c3[nH]c(=O)c(Cc4ccc(F)cc4)cc32)[C@@H](CN2CCC[C@@H](CC(=O)Cc3cccc(CC(=O)N[C@@H]4CCCN(C[C@H]5CN[C@H](C)CN5CC(=O)N5CC(C)(C)c6[nH]c(=O)c(Cc7ccc(F)cc7)cc65)C4)c3)C2)CN1. The predicted molar refractivity (Wildman–Crippen MR) is 339 cm³/mol. The summed E-state index contributed by atoms with van der Waals surface area (Å²) in [5.74, 6) is -0.340. The van der Waals surface area contributed by atoms with Gasteiger partial charge in [0, 0.05) is 155 Å². The number of nitrogens with one attached hydrogen (secondary N) is 5. The first-order valence-electron chi connectivity index (χ1n) is 32.0. The van der Waals surface area contributed by atoms with E-state index in [-0.39, 0.29) is 102 Å². The lowest BCUT2D eigenvalue weighted by Gasteiger charge is -2.43. The van der Waals surface area contributed by atoms with E-state index in [1.54, 1.807) is 24.3 Å². The van der Waals surface area contributed by atoms with Gasteiger partial charge in [0.15, 0.2) is 0 Å². The van der Waals surface area contributed by atoms with Gasteiger partial charge in [-0.15, -0.1) is 0 Å². The third-order valence-corrected chi connectivity index (χ3v) is 19.3. The number of hydrogen-bond acceptors (Lipinski definition) is 12. The number of aromatic amines is 2. The molecule has 0 radical (unpaired) electrons. The molecule has 2 aromatic heterocycles. The highest BCUT2D eigenvalue weighted by Crippen LogP contribution is 2.41. The normalized spacial score (nSPS) is 24.0. The molecule has 6 atom stereocenters. The lowest BCUT2D eigenvalue weighted by atomic mass is 9.90. The van der Waals surface area contributed by atoms with Crippen molar-refractivity contribution in [3.05, 3.63) is 162 Å². The number of piperidine rings is 2. The molecular formula is C69H89F2N11O6. The predicted octanol–water partition coefficient (Wildman–Crippen LogP) is 5.83. The van der Waals surface area contributed by atoms with Gasteiger partial charge in [0.2, 0.25) is 17.7 Å². The summed E-state index contributed by atoms with van der Waals surface area (Å²) in [6, 6.07) is 24.4. The van der Waals surface area contributed by atoms with Crippen molar-refractivity contribution in [2.45, 2.75) is 140 Å². The van der Waals surface area contributed by atoms with E-state index in [4.69, 9.17) is 0 Å². The Morgan fingerprint density at radius 3 is 1.58 bits per heavy atom. The van der Waals surface area contributed by atoms with Gasteiger partial charge in [-0.2, -0.15) is 0 Å². The Balaban J connectivity index is 0.643. The van der Waals surface area contributed by atoms with Gasteiger partial charge in [0.25, 0.3) is 11.1 Å². The topological polar surface area (TPSA) is 190 Å². The monoisotopic (exact) mass is 1210 g/mol. The number of anilines is 2. The second kappa shape index (κ2) is 26.8. The fraction of sp³-hybridized carbons (Fsp3) is 0.536. The molecule has 88 heavy (non-hydrogen) atoms. The van der Waals surface area contributed by atoms with Crippen LogP contribution < -0.4 is 36.9 Å². The van der Waals surface area contributed by atoms with Crippen molar-refractivity contribution in [3.8, 4) is 0 Å². The average Bonchev–Trinajstić information content (AvgIpc) is 1.65. The molecule has 8 heterocycles. The van der Waals surface area contributed by atoms with Gasteiger partial charge in [0.1, 0.15) is 17.4 Å². The summed E-state index contributed by atoms with van der Waals surface area (Å²) >= 11 is 0. The summed E-state index contributed by atoms with van der Waals surface area (Å²) in [5.41, 5.74) is 6.11. The molecule has 6 aliphatic heterocycles. The standard InChI is InChI=1S/C69H89F2N11O6/c1-44-34-79(40-62(85)81-42-68(3,4)64-59(81)30-51(66(87)75-64)25-46-14-18-53(70)19-15-46)56(32-72-44)38-77-22-8-12-50(36-77)28-58(83)27-48-10-7-11-49(24-48)29-61(84)74-55-13-9-23-78(37-55)39-57-33-73-45(2)35-80(57)41-63(86)82-43-69(5,6)65-60(82)31-52(67(88)76-65)26-47-16-20-54(71)21-17-47/h7,10-11,14-21,24,30-31,44-45,50,55-57,72-73H,8-9,12-13,22-23,25-29,32-43H2,1-6H3,(H,74,84)(H,75,87)(H,76,88)/t44-,45-,50+,55-,56-,57-/m1/s1. The number of halogens is 2. The maximum atomic E-state index is 14.4. The first kappa shape index (κ1) is 62.9. The Hall–Kier alpha value is -6.74. The van der Waals surface area contributed by atoms with Crippen LogP contribution in [0.1, 0.15) is 118 Å². The molecular weight excluding hydrogens is 1120 g/mol. The lowest BCUT2D eigenvalue weighted by Crippen LogP contribution is -2.62. The Morgan fingerprint density at radius 2 is 1.07 bits per heavy atom. The van der Waals surface area contributed by atoms with E-state index in [1.807, 2.05) is 73.9 Å². The highest BCUT2D eigenvalue weighted by atomic mass is 19.1. The fourth-order valence-electron chi connectivity index (χ4n) is 14.7. The highest BCUT2D eigenvalue weighted by Gasteiger charge is 2.43. The Morgan fingerprint density at radius 1 is 0.591 bits per heavy atom. The Bertz CT molecular complexity index is 3260. The van der Waals surface area contributed by atoms with Crippen molar-refractivity contribution in [2.24, 2.45) is 5.92 Å². The molecule has 5 N–H and O–H groups in total. The average molecular weight is 1210 g/mol. The number of fused-ring (bicyclic) bond motifs is 2. The number of benzene rings is 3. The third kappa shape index (κ3) is 15.1. The van der Waals surface area contributed by atoms with E-state index >= 15 is 0 Å². The molecule has 19 heteroatoms. The van der Waals surface area contributed by atoms with Crippen LogP contribution in [-0.2, 0) is 55.7 Å². The van der Waals surface area contributed by atoms with E-state index in [0.29, 0.717) is 69.5 Å². The third-order valence-electron chi connectivity index (χ3n) is 19.3. The molecule has 0 bridgehead atoms. The molecule has 0 aliphatic carbocycles. The van der Waals surface area contributed by atoms with Gasteiger partial charge in [-0.25, -0.2) is 8.78 Å². The maximum absolute atomic E-state index is 14.4.